The van der Waals surface area contributed by atoms with E-state index >= 15 is 0 Å². The molecule has 1 heterocycles. The molecule has 0 atom stereocenters. The Bertz CT molecular complexity index is 1680. The van der Waals surface area contributed by atoms with Gasteiger partial charge in [0.25, 0.3) is 0 Å². The van der Waals surface area contributed by atoms with Gasteiger partial charge in [0.2, 0.25) is 0 Å². The summed E-state index contributed by atoms with van der Waals surface area (Å²) in [5, 5.41) is 10.0. The van der Waals surface area contributed by atoms with Crippen LogP contribution in [0.25, 0.3) is 39.3 Å². The molecule has 5 rings (SSSR count). The monoisotopic (exact) mass is 611 g/mol. The van der Waals surface area contributed by atoms with Gasteiger partial charge in [0.1, 0.15) is 5.82 Å². The molecule has 0 saturated heterocycles. The van der Waals surface area contributed by atoms with Crippen LogP contribution in [0.3, 0.4) is 0 Å². The number of aromatic nitrogens is 3. The zero-order chi connectivity index (χ0) is 32.7. The molecule has 0 aliphatic rings. The molecule has 3 heteroatoms. The van der Waals surface area contributed by atoms with Crippen LogP contribution in [0.5, 0.6) is 0 Å². The molecule has 0 N–H and O–H groups in total. The Balaban J connectivity index is 1.68. The second kappa shape index (κ2) is 15.1. The number of hydrogen-bond acceptors (Lipinski definition) is 2. The van der Waals surface area contributed by atoms with Crippen molar-refractivity contribution < 1.29 is 0 Å². The summed E-state index contributed by atoms with van der Waals surface area (Å²) < 4.78 is 2.42. The minimum absolute atomic E-state index is 0.135. The van der Waals surface area contributed by atoms with Crippen LogP contribution in [0.15, 0.2) is 97.1 Å². The molecule has 0 amide bonds. The van der Waals surface area contributed by atoms with Gasteiger partial charge >= 0.3 is 0 Å². The third kappa shape index (κ3) is 7.86. The van der Waals surface area contributed by atoms with Gasteiger partial charge < -0.3 is 0 Å². The Morgan fingerprint density at radius 3 is 1.85 bits per heavy atom. The Labute approximate surface area is 278 Å². The van der Waals surface area contributed by atoms with Crippen LogP contribution >= 0.6 is 0 Å². The third-order valence-corrected chi connectivity index (χ3v) is 9.13. The van der Waals surface area contributed by atoms with E-state index in [1.165, 1.54) is 64.8 Å². The van der Waals surface area contributed by atoms with Gasteiger partial charge in [-0.3, -0.25) is 4.57 Å². The predicted octanol–water partition coefficient (Wildman–Crippen LogP) is 12.2. The van der Waals surface area contributed by atoms with E-state index in [-0.39, 0.29) is 5.41 Å². The normalized spacial score (nSPS) is 11.9. The smallest absolute Gasteiger partial charge is 0.168 e. The molecule has 0 saturated carbocycles. The summed E-state index contributed by atoms with van der Waals surface area (Å²) in [5.74, 6) is 2.92. The van der Waals surface area contributed by atoms with Gasteiger partial charge in [0.05, 0.1) is 5.69 Å². The van der Waals surface area contributed by atoms with Gasteiger partial charge in [-0.05, 0) is 82.2 Å². The first-order chi connectivity index (χ1) is 22.2. The van der Waals surface area contributed by atoms with E-state index in [2.05, 4.69) is 150 Å². The predicted molar refractivity (Wildman–Crippen MR) is 197 cm³/mol. The lowest BCUT2D eigenvalue weighted by Crippen LogP contribution is -2.12. The number of benzene rings is 4. The maximum atomic E-state index is 5.02. The number of nitrogens with zero attached hydrogens (tertiary/aromatic N) is 3. The molecule has 46 heavy (non-hydrogen) atoms. The largest absolute Gasteiger partial charge is 0.278 e. The molecule has 0 bridgehead atoms. The number of unbranched alkanes of at least 4 members (excludes halogenated alkanes) is 2. The van der Waals surface area contributed by atoms with E-state index in [0.717, 1.165) is 36.5 Å². The molecule has 3 nitrogen and oxygen atoms in total. The zero-order valence-corrected chi connectivity index (χ0v) is 29.2. The molecule has 0 radical (unpaired) electrons. The molecular weight excluding hydrogens is 558 g/mol. The quantitative estimate of drug-likeness (QED) is 0.133. The summed E-state index contributed by atoms with van der Waals surface area (Å²) in [4.78, 5) is 0. The zero-order valence-electron chi connectivity index (χ0n) is 29.2. The Morgan fingerprint density at radius 1 is 0.630 bits per heavy atom. The summed E-state index contributed by atoms with van der Waals surface area (Å²) >= 11 is 0. The summed E-state index contributed by atoms with van der Waals surface area (Å²) in [6.07, 6.45) is 8.02. The van der Waals surface area contributed by atoms with E-state index in [9.17, 15) is 0 Å². The van der Waals surface area contributed by atoms with Gasteiger partial charge in [-0.2, -0.15) is 0 Å². The second-order valence-electron chi connectivity index (χ2n) is 14.4. The van der Waals surface area contributed by atoms with Crippen LogP contribution in [0.4, 0.5) is 0 Å². The maximum Gasteiger partial charge on any atom is 0.168 e. The van der Waals surface area contributed by atoms with Crippen molar-refractivity contribution in [3.63, 3.8) is 0 Å². The molecule has 0 aliphatic heterocycles. The van der Waals surface area contributed by atoms with Crippen molar-refractivity contribution >= 4 is 0 Å². The molecule has 0 aliphatic carbocycles. The first-order valence-corrected chi connectivity index (χ1v) is 17.5. The van der Waals surface area contributed by atoms with Crippen molar-refractivity contribution in [3.05, 3.63) is 114 Å². The van der Waals surface area contributed by atoms with Gasteiger partial charge in [-0.15, -0.1) is 10.2 Å². The summed E-state index contributed by atoms with van der Waals surface area (Å²) in [6, 6.07) is 35.6. The molecule has 1 aromatic heterocycles. The minimum Gasteiger partial charge on any atom is -0.278 e. The highest BCUT2D eigenvalue weighted by atomic mass is 15.3. The molecule has 0 spiro atoms. The topological polar surface area (TPSA) is 30.7 Å². The first kappa shape index (κ1) is 33.4. The molecule has 5 aromatic rings. The van der Waals surface area contributed by atoms with Crippen molar-refractivity contribution in [2.24, 2.45) is 5.92 Å². The first-order valence-electron chi connectivity index (χ1n) is 17.5. The average Bonchev–Trinajstić information content (AvgIpc) is 3.49. The van der Waals surface area contributed by atoms with Crippen LogP contribution in [0.1, 0.15) is 110 Å². The van der Waals surface area contributed by atoms with E-state index in [1.807, 2.05) is 0 Å². The summed E-state index contributed by atoms with van der Waals surface area (Å²) in [5.41, 5.74) is 10.1. The summed E-state index contributed by atoms with van der Waals surface area (Å²) in [7, 11) is 0. The Hall–Kier alpha value is -3.98. The Kier molecular flexibility index (Phi) is 10.9. The van der Waals surface area contributed by atoms with Crippen LogP contribution in [-0.2, 0) is 11.8 Å². The van der Waals surface area contributed by atoms with Gasteiger partial charge in [0.15, 0.2) is 5.82 Å². The van der Waals surface area contributed by atoms with Crippen LogP contribution in [0, 0.1) is 5.92 Å². The van der Waals surface area contributed by atoms with E-state index in [1.54, 1.807) is 0 Å². The van der Waals surface area contributed by atoms with Crippen molar-refractivity contribution in [1.82, 2.24) is 14.8 Å². The van der Waals surface area contributed by atoms with Gasteiger partial charge in [-0.25, -0.2) is 0 Å². The van der Waals surface area contributed by atoms with Crippen molar-refractivity contribution in [2.75, 3.05) is 0 Å². The number of hydrogen-bond donors (Lipinski definition) is 0. The highest BCUT2D eigenvalue weighted by Gasteiger charge is 2.25. The highest BCUT2D eigenvalue weighted by molar-refractivity contribution is 5.72. The van der Waals surface area contributed by atoms with E-state index in [4.69, 9.17) is 10.2 Å². The lowest BCUT2D eigenvalue weighted by molar-refractivity contribution is 0.496. The molecular formula is C43H53N3. The van der Waals surface area contributed by atoms with Crippen LogP contribution in [0.2, 0.25) is 0 Å². The van der Waals surface area contributed by atoms with Gasteiger partial charge in [0, 0.05) is 11.5 Å². The minimum atomic E-state index is 0.135. The van der Waals surface area contributed by atoms with Crippen LogP contribution in [-0.4, -0.2) is 14.8 Å². The summed E-state index contributed by atoms with van der Waals surface area (Å²) in [6.45, 7) is 16.0. The second-order valence-corrected chi connectivity index (χ2v) is 14.4. The average molecular weight is 612 g/mol. The molecule has 4 aromatic carbocycles. The standard InChI is InChI=1S/C43H53N3/c1-8-10-16-34(17-11-9-2)41-44-45-42(37-21-15-20-35(29-37)32-18-13-12-14-19-32)46(41)40-27-24-36(30-38(40)28-31(3)4)33-22-25-39(26-23-33)43(5,6)7/h12-15,18-27,29-31,34H,8-11,16-17,28H2,1-7H3. The highest BCUT2D eigenvalue weighted by Crippen LogP contribution is 2.36. The third-order valence-electron chi connectivity index (χ3n) is 9.13. The van der Waals surface area contributed by atoms with E-state index in [0.29, 0.717) is 11.8 Å². The fourth-order valence-corrected chi connectivity index (χ4v) is 6.51. The molecule has 240 valence electrons. The van der Waals surface area contributed by atoms with Crippen molar-refractivity contribution in [3.8, 4) is 39.3 Å². The van der Waals surface area contributed by atoms with Crippen molar-refractivity contribution in [1.29, 1.82) is 0 Å². The van der Waals surface area contributed by atoms with Crippen molar-refractivity contribution in [2.45, 2.75) is 105 Å². The number of rotatable bonds is 13. The Morgan fingerprint density at radius 2 is 1.22 bits per heavy atom. The fraction of sp³-hybridized carbons (Fsp3) is 0.395. The lowest BCUT2D eigenvalue weighted by atomic mass is 9.86. The molecule has 0 fully saturated rings. The van der Waals surface area contributed by atoms with E-state index < -0.39 is 0 Å². The molecule has 0 unspecified atom stereocenters. The van der Waals surface area contributed by atoms with Crippen LogP contribution < -0.4 is 0 Å². The maximum absolute atomic E-state index is 5.02. The fourth-order valence-electron chi connectivity index (χ4n) is 6.51. The van der Waals surface area contributed by atoms with Gasteiger partial charge in [-0.1, -0.05) is 153 Å². The SMILES string of the molecule is CCCCC(CCCC)c1nnc(-c2cccc(-c3ccccc3)c2)n1-c1ccc(-c2ccc(C(C)(C)C)cc2)cc1CC(C)C. The lowest BCUT2D eigenvalue weighted by Gasteiger charge is -2.22.